The molecule has 0 aromatic carbocycles. The third kappa shape index (κ3) is 2.53. The molecule has 6 nitrogen and oxygen atoms in total. The van der Waals surface area contributed by atoms with Gasteiger partial charge in [0.05, 0.1) is 5.69 Å². The summed E-state index contributed by atoms with van der Waals surface area (Å²) >= 11 is 1.21. The molecule has 0 atom stereocenters. The molecule has 17 heavy (non-hydrogen) atoms. The van der Waals surface area contributed by atoms with Crippen LogP contribution in [0.1, 0.15) is 0 Å². The van der Waals surface area contributed by atoms with E-state index in [4.69, 9.17) is 0 Å². The highest BCUT2D eigenvalue weighted by Gasteiger charge is 2.20. The average Bonchev–Trinajstić information content (AvgIpc) is 2.81. The van der Waals surface area contributed by atoms with Crippen LogP contribution in [0.15, 0.2) is 34.9 Å². The summed E-state index contributed by atoms with van der Waals surface area (Å²) in [7, 11) is -2.06. The Morgan fingerprint density at radius 2 is 2.12 bits per heavy atom. The van der Waals surface area contributed by atoms with Crippen molar-refractivity contribution < 1.29 is 8.42 Å². The van der Waals surface area contributed by atoms with E-state index in [1.807, 2.05) is 0 Å². The van der Waals surface area contributed by atoms with E-state index in [2.05, 4.69) is 20.0 Å². The zero-order chi connectivity index (χ0) is 12.3. The minimum absolute atomic E-state index is 0.0438. The SMILES string of the molecule is CNc1cccnc1S(=O)(=O)Nc1nccs1. The molecule has 0 spiro atoms. The highest BCUT2D eigenvalue weighted by atomic mass is 32.2. The number of rotatable bonds is 4. The molecule has 2 aromatic heterocycles. The van der Waals surface area contributed by atoms with Gasteiger partial charge in [-0.25, -0.2) is 9.97 Å². The van der Waals surface area contributed by atoms with Gasteiger partial charge in [-0.1, -0.05) is 0 Å². The van der Waals surface area contributed by atoms with Gasteiger partial charge in [-0.05, 0) is 12.1 Å². The molecule has 0 unspecified atom stereocenters. The number of hydrogen-bond acceptors (Lipinski definition) is 6. The Hall–Kier alpha value is -1.67. The highest BCUT2D eigenvalue weighted by Crippen LogP contribution is 2.21. The minimum atomic E-state index is -3.70. The first kappa shape index (κ1) is 11.8. The molecule has 0 saturated heterocycles. The fourth-order valence-corrected chi connectivity index (χ4v) is 3.16. The van der Waals surface area contributed by atoms with Gasteiger partial charge in [-0.3, -0.25) is 4.72 Å². The lowest BCUT2D eigenvalue weighted by Crippen LogP contribution is -2.16. The van der Waals surface area contributed by atoms with Crippen LogP contribution >= 0.6 is 11.3 Å². The van der Waals surface area contributed by atoms with Gasteiger partial charge in [-0.15, -0.1) is 11.3 Å². The average molecular weight is 270 g/mol. The fourth-order valence-electron chi connectivity index (χ4n) is 1.23. The Kier molecular flexibility index (Phi) is 3.25. The van der Waals surface area contributed by atoms with Gasteiger partial charge in [-0.2, -0.15) is 8.42 Å². The molecule has 0 saturated carbocycles. The molecule has 0 bridgehead atoms. The number of sulfonamides is 1. The summed E-state index contributed by atoms with van der Waals surface area (Å²) in [4.78, 5) is 7.73. The van der Waals surface area contributed by atoms with E-state index in [9.17, 15) is 8.42 Å². The Bertz CT molecular complexity index is 595. The Morgan fingerprint density at radius 3 is 2.76 bits per heavy atom. The van der Waals surface area contributed by atoms with Crippen molar-refractivity contribution >= 4 is 32.2 Å². The van der Waals surface area contributed by atoms with Gasteiger partial charge in [0.15, 0.2) is 10.2 Å². The largest absolute Gasteiger partial charge is 0.386 e. The highest BCUT2D eigenvalue weighted by molar-refractivity contribution is 7.93. The molecule has 0 amide bonds. The second kappa shape index (κ2) is 4.68. The molecular formula is C9H10N4O2S2. The van der Waals surface area contributed by atoms with Crippen LogP contribution in [0, 0.1) is 0 Å². The molecule has 2 heterocycles. The predicted molar refractivity (Wildman–Crippen MR) is 66.7 cm³/mol. The minimum Gasteiger partial charge on any atom is -0.386 e. The maximum Gasteiger partial charge on any atom is 0.283 e. The van der Waals surface area contributed by atoms with Crippen molar-refractivity contribution in [2.75, 3.05) is 17.1 Å². The van der Waals surface area contributed by atoms with Gasteiger partial charge < -0.3 is 5.32 Å². The summed E-state index contributed by atoms with van der Waals surface area (Å²) in [5, 5.41) is 4.75. The molecule has 90 valence electrons. The standard InChI is InChI=1S/C9H10N4O2S2/c1-10-7-3-2-4-11-8(7)17(14,15)13-9-12-5-6-16-9/h2-6,10H,1H3,(H,12,13). The molecule has 2 aromatic rings. The molecule has 8 heteroatoms. The topological polar surface area (TPSA) is 84.0 Å². The zero-order valence-electron chi connectivity index (χ0n) is 8.91. The van der Waals surface area contributed by atoms with E-state index >= 15 is 0 Å². The van der Waals surface area contributed by atoms with Crippen molar-refractivity contribution in [3.05, 3.63) is 29.9 Å². The first-order valence-electron chi connectivity index (χ1n) is 4.68. The van der Waals surface area contributed by atoms with E-state index in [1.165, 1.54) is 23.7 Å². The van der Waals surface area contributed by atoms with E-state index in [0.717, 1.165) is 0 Å². The summed E-state index contributed by atoms with van der Waals surface area (Å²) in [5.41, 5.74) is 0.441. The van der Waals surface area contributed by atoms with Crippen molar-refractivity contribution in [1.82, 2.24) is 9.97 Å². The van der Waals surface area contributed by atoms with Crippen LogP contribution in [0.25, 0.3) is 0 Å². The number of aromatic nitrogens is 2. The van der Waals surface area contributed by atoms with E-state index in [1.54, 1.807) is 24.6 Å². The Balaban J connectivity index is 2.38. The first-order valence-corrected chi connectivity index (χ1v) is 7.05. The zero-order valence-corrected chi connectivity index (χ0v) is 10.5. The second-order valence-electron chi connectivity index (χ2n) is 3.05. The monoisotopic (exact) mass is 270 g/mol. The van der Waals surface area contributed by atoms with Crippen LogP contribution in [-0.2, 0) is 10.0 Å². The Labute approximate surface area is 103 Å². The van der Waals surface area contributed by atoms with Crippen molar-refractivity contribution in [3.63, 3.8) is 0 Å². The molecule has 0 aliphatic rings. The van der Waals surface area contributed by atoms with E-state index < -0.39 is 10.0 Å². The van der Waals surface area contributed by atoms with Gasteiger partial charge in [0, 0.05) is 24.8 Å². The molecule has 0 radical (unpaired) electrons. The fraction of sp³-hybridized carbons (Fsp3) is 0.111. The van der Waals surface area contributed by atoms with Gasteiger partial charge in [0.2, 0.25) is 0 Å². The molecule has 0 aliphatic carbocycles. The first-order chi connectivity index (χ1) is 8.13. The lowest BCUT2D eigenvalue weighted by atomic mass is 10.4. The van der Waals surface area contributed by atoms with Crippen LogP contribution in [0.3, 0.4) is 0 Å². The predicted octanol–water partition coefficient (Wildman–Crippen LogP) is 1.38. The van der Waals surface area contributed by atoms with E-state index in [-0.39, 0.29) is 5.03 Å². The summed E-state index contributed by atoms with van der Waals surface area (Å²) in [5.74, 6) is 0. The number of nitrogens with zero attached hydrogens (tertiary/aromatic N) is 2. The molecule has 2 rings (SSSR count). The summed E-state index contributed by atoms with van der Waals surface area (Å²) in [6.45, 7) is 0. The van der Waals surface area contributed by atoms with Crippen molar-refractivity contribution in [2.45, 2.75) is 5.03 Å². The van der Waals surface area contributed by atoms with Crippen molar-refractivity contribution in [2.24, 2.45) is 0 Å². The lowest BCUT2D eigenvalue weighted by molar-refractivity contribution is 0.598. The number of anilines is 2. The number of thiazole rings is 1. The van der Waals surface area contributed by atoms with Gasteiger partial charge in [0.25, 0.3) is 10.0 Å². The summed E-state index contributed by atoms with van der Waals surface area (Å²) in [6.07, 6.45) is 2.96. The molecule has 2 N–H and O–H groups in total. The lowest BCUT2D eigenvalue weighted by Gasteiger charge is -2.08. The van der Waals surface area contributed by atoms with Gasteiger partial charge >= 0.3 is 0 Å². The van der Waals surface area contributed by atoms with E-state index in [0.29, 0.717) is 10.8 Å². The second-order valence-corrected chi connectivity index (χ2v) is 5.54. The summed E-state index contributed by atoms with van der Waals surface area (Å²) in [6, 6.07) is 3.30. The molecular weight excluding hydrogens is 260 g/mol. The number of pyridine rings is 1. The van der Waals surface area contributed by atoms with Crippen LogP contribution in [0.4, 0.5) is 10.8 Å². The maximum atomic E-state index is 12.0. The summed E-state index contributed by atoms with van der Waals surface area (Å²) < 4.78 is 26.4. The van der Waals surface area contributed by atoms with Crippen molar-refractivity contribution in [3.8, 4) is 0 Å². The third-order valence-electron chi connectivity index (χ3n) is 1.95. The van der Waals surface area contributed by atoms with Crippen LogP contribution in [0.5, 0.6) is 0 Å². The third-order valence-corrected chi connectivity index (χ3v) is 4.06. The quantitative estimate of drug-likeness (QED) is 0.877. The van der Waals surface area contributed by atoms with Crippen LogP contribution in [0.2, 0.25) is 0 Å². The molecule has 0 fully saturated rings. The number of nitrogens with one attached hydrogen (secondary N) is 2. The molecule has 0 aliphatic heterocycles. The Morgan fingerprint density at radius 1 is 1.29 bits per heavy atom. The maximum absolute atomic E-state index is 12.0. The normalized spacial score (nSPS) is 11.1. The smallest absolute Gasteiger partial charge is 0.283 e. The van der Waals surface area contributed by atoms with Crippen LogP contribution in [-0.4, -0.2) is 25.4 Å². The number of hydrogen-bond donors (Lipinski definition) is 2. The van der Waals surface area contributed by atoms with Crippen LogP contribution < -0.4 is 10.0 Å². The van der Waals surface area contributed by atoms with Crippen molar-refractivity contribution in [1.29, 1.82) is 0 Å². The van der Waals surface area contributed by atoms with Gasteiger partial charge in [0.1, 0.15) is 0 Å².